The van der Waals surface area contributed by atoms with Gasteiger partial charge in [-0.15, -0.1) is 0 Å². The van der Waals surface area contributed by atoms with Gasteiger partial charge in [0.15, 0.2) is 0 Å². The minimum absolute atomic E-state index is 0.0558. The second-order valence-corrected chi connectivity index (χ2v) is 15.2. The van der Waals surface area contributed by atoms with Crippen LogP contribution in [0.15, 0.2) is 48.5 Å². The van der Waals surface area contributed by atoms with E-state index in [2.05, 4.69) is 65.8 Å². The predicted molar refractivity (Wildman–Crippen MR) is 122 cm³/mol. The summed E-state index contributed by atoms with van der Waals surface area (Å²) in [5.74, 6) is 0.754. The van der Waals surface area contributed by atoms with Gasteiger partial charge in [-0.05, 0) is 41.7 Å². The molecule has 0 atom stereocenters. The third-order valence-corrected chi connectivity index (χ3v) is 11.1. The van der Waals surface area contributed by atoms with Crippen molar-refractivity contribution in [3.8, 4) is 16.9 Å². The van der Waals surface area contributed by atoms with Gasteiger partial charge >= 0.3 is 8.56 Å². The topological polar surface area (TPSA) is 38.7 Å². The van der Waals surface area contributed by atoms with E-state index in [1.165, 1.54) is 11.1 Å². The normalized spacial score (nSPS) is 18.0. The first-order valence-electron chi connectivity index (χ1n) is 10.7. The van der Waals surface area contributed by atoms with E-state index in [0.29, 0.717) is 11.7 Å². The van der Waals surface area contributed by atoms with Crippen LogP contribution in [0.1, 0.15) is 53.5 Å². The van der Waals surface area contributed by atoms with E-state index in [1.807, 2.05) is 12.1 Å². The second kappa shape index (κ2) is 8.25. The fourth-order valence-electron chi connectivity index (χ4n) is 4.61. The number of aryl methyl sites for hydroxylation is 1. The summed E-state index contributed by atoms with van der Waals surface area (Å²) in [4.78, 5) is 0. The van der Waals surface area contributed by atoms with Crippen molar-refractivity contribution in [3.05, 3.63) is 54.1 Å². The van der Waals surface area contributed by atoms with Crippen molar-refractivity contribution < 1.29 is 14.0 Å². The summed E-state index contributed by atoms with van der Waals surface area (Å²) >= 11 is 0. The van der Waals surface area contributed by atoms with Crippen molar-refractivity contribution in [3.63, 3.8) is 0 Å². The summed E-state index contributed by atoms with van der Waals surface area (Å²) in [7, 11) is -2.30. The SMILES string of the molecule is CC(C)(C)[Si]1(C(C)(C)C)OCC(CCc2ccc(-c3ccc(O)cc3)cc2)CO1. The Bertz CT molecular complexity index is 774. The smallest absolute Gasteiger partial charge is 0.349 e. The lowest BCUT2D eigenvalue weighted by Crippen LogP contribution is -2.61. The highest BCUT2D eigenvalue weighted by molar-refractivity contribution is 6.73. The van der Waals surface area contributed by atoms with E-state index < -0.39 is 8.56 Å². The molecule has 3 rings (SSSR count). The quantitative estimate of drug-likeness (QED) is 0.568. The molecule has 1 heterocycles. The van der Waals surface area contributed by atoms with E-state index in [9.17, 15) is 5.11 Å². The molecule has 0 spiro atoms. The van der Waals surface area contributed by atoms with Gasteiger partial charge in [0, 0.05) is 29.2 Å². The highest BCUT2D eigenvalue weighted by Gasteiger charge is 2.59. The molecule has 1 fully saturated rings. The van der Waals surface area contributed by atoms with Gasteiger partial charge in [0.1, 0.15) is 5.75 Å². The van der Waals surface area contributed by atoms with Gasteiger partial charge in [-0.2, -0.15) is 0 Å². The number of phenols is 1. The highest BCUT2D eigenvalue weighted by Crippen LogP contribution is 2.53. The zero-order chi connectivity index (χ0) is 21.3. The Kier molecular flexibility index (Phi) is 6.28. The molecule has 2 aromatic carbocycles. The van der Waals surface area contributed by atoms with Crippen LogP contribution in [0.25, 0.3) is 11.1 Å². The molecule has 0 radical (unpaired) electrons. The Hall–Kier alpha value is -1.62. The van der Waals surface area contributed by atoms with Crippen molar-refractivity contribution >= 4 is 8.56 Å². The zero-order valence-electron chi connectivity index (χ0n) is 18.8. The zero-order valence-corrected chi connectivity index (χ0v) is 19.8. The molecule has 0 saturated carbocycles. The van der Waals surface area contributed by atoms with Crippen molar-refractivity contribution in [2.45, 2.75) is 64.5 Å². The summed E-state index contributed by atoms with van der Waals surface area (Å²) in [5.41, 5.74) is 3.63. The lowest BCUT2D eigenvalue weighted by Gasteiger charge is -2.52. The molecular weight excluding hydrogens is 376 g/mol. The van der Waals surface area contributed by atoms with Crippen LogP contribution in [0.4, 0.5) is 0 Å². The molecule has 29 heavy (non-hydrogen) atoms. The maximum Gasteiger partial charge on any atom is 0.349 e. The van der Waals surface area contributed by atoms with Crippen LogP contribution < -0.4 is 0 Å². The maximum absolute atomic E-state index is 9.44. The van der Waals surface area contributed by atoms with Crippen LogP contribution >= 0.6 is 0 Å². The summed E-state index contributed by atoms with van der Waals surface area (Å²) in [6.45, 7) is 15.2. The maximum atomic E-state index is 9.44. The first-order valence-corrected chi connectivity index (χ1v) is 12.5. The van der Waals surface area contributed by atoms with Crippen LogP contribution in [0, 0.1) is 5.92 Å². The molecule has 1 N–H and O–H groups in total. The van der Waals surface area contributed by atoms with Crippen LogP contribution in [0.2, 0.25) is 10.1 Å². The fourth-order valence-corrected chi connectivity index (χ4v) is 9.61. The number of rotatable bonds is 4. The third kappa shape index (κ3) is 4.76. The minimum Gasteiger partial charge on any atom is -0.508 e. The van der Waals surface area contributed by atoms with E-state index in [4.69, 9.17) is 8.85 Å². The van der Waals surface area contributed by atoms with Crippen LogP contribution in [-0.4, -0.2) is 26.9 Å². The predicted octanol–water partition coefficient (Wildman–Crippen LogP) is 6.70. The van der Waals surface area contributed by atoms with Gasteiger partial charge < -0.3 is 14.0 Å². The molecule has 0 aromatic heterocycles. The monoisotopic (exact) mass is 412 g/mol. The molecule has 158 valence electrons. The van der Waals surface area contributed by atoms with Gasteiger partial charge in [0.25, 0.3) is 0 Å². The van der Waals surface area contributed by atoms with Gasteiger partial charge in [-0.1, -0.05) is 77.9 Å². The fraction of sp³-hybridized carbons (Fsp3) is 0.520. The number of hydrogen-bond acceptors (Lipinski definition) is 3. The molecule has 0 aliphatic carbocycles. The Morgan fingerprint density at radius 2 is 1.24 bits per heavy atom. The molecule has 0 unspecified atom stereocenters. The lowest BCUT2D eigenvalue weighted by atomic mass is 9.98. The van der Waals surface area contributed by atoms with Gasteiger partial charge in [-0.25, -0.2) is 0 Å². The standard InChI is InChI=1S/C25H36O3Si/c1-24(2,3)29(25(4,5)6)27-17-20(18-28-29)8-7-19-9-11-21(12-10-19)22-13-15-23(26)16-14-22/h9-16,20,26H,7-8,17-18H2,1-6H3. The second-order valence-electron chi connectivity index (χ2n) is 10.4. The van der Waals surface area contributed by atoms with Crippen molar-refractivity contribution in [2.75, 3.05) is 13.2 Å². The van der Waals surface area contributed by atoms with E-state index in [0.717, 1.165) is 31.6 Å². The number of hydrogen-bond donors (Lipinski definition) is 1. The summed E-state index contributed by atoms with van der Waals surface area (Å²) in [6.07, 6.45) is 2.12. The number of aromatic hydroxyl groups is 1. The van der Waals surface area contributed by atoms with Crippen LogP contribution in [-0.2, 0) is 15.3 Å². The molecule has 1 aliphatic heterocycles. The average Bonchev–Trinajstić information content (AvgIpc) is 2.66. The summed E-state index contributed by atoms with van der Waals surface area (Å²) < 4.78 is 13.2. The molecule has 2 aromatic rings. The first kappa shape index (κ1) is 22.1. The highest BCUT2D eigenvalue weighted by atomic mass is 28.4. The minimum atomic E-state index is -2.30. The summed E-state index contributed by atoms with van der Waals surface area (Å²) in [5, 5.41) is 9.56. The lowest BCUT2D eigenvalue weighted by molar-refractivity contribution is 0.0293. The molecular formula is C25H36O3Si. The van der Waals surface area contributed by atoms with Gasteiger partial charge in [0.2, 0.25) is 0 Å². The summed E-state index contributed by atoms with van der Waals surface area (Å²) in [6, 6.07) is 16.1. The average molecular weight is 413 g/mol. The molecule has 0 amide bonds. The van der Waals surface area contributed by atoms with Crippen molar-refractivity contribution in [1.29, 1.82) is 0 Å². The Labute approximate surface area is 177 Å². The Morgan fingerprint density at radius 1 is 0.793 bits per heavy atom. The van der Waals surface area contributed by atoms with E-state index in [-0.39, 0.29) is 10.1 Å². The molecule has 1 aliphatic rings. The third-order valence-electron chi connectivity index (χ3n) is 6.02. The van der Waals surface area contributed by atoms with Crippen LogP contribution in [0.3, 0.4) is 0 Å². The Morgan fingerprint density at radius 3 is 1.69 bits per heavy atom. The van der Waals surface area contributed by atoms with E-state index >= 15 is 0 Å². The van der Waals surface area contributed by atoms with Crippen molar-refractivity contribution in [1.82, 2.24) is 0 Å². The largest absolute Gasteiger partial charge is 0.508 e. The molecule has 1 saturated heterocycles. The molecule has 4 heteroatoms. The Balaban J connectivity index is 1.57. The van der Waals surface area contributed by atoms with Gasteiger partial charge in [-0.3, -0.25) is 0 Å². The molecule has 0 bridgehead atoms. The first-order chi connectivity index (χ1) is 13.5. The van der Waals surface area contributed by atoms with Crippen LogP contribution in [0.5, 0.6) is 5.75 Å². The van der Waals surface area contributed by atoms with Crippen molar-refractivity contribution in [2.24, 2.45) is 5.92 Å². The molecule has 3 nitrogen and oxygen atoms in total. The van der Waals surface area contributed by atoms with E-state index in [1.54, 1.807) is 12.1 Å². The van der Waals surface area contributed by atoms with Gasteiger partial charge in [0.05, 0.1) is 0 Å². The number of phenolic OH excluding ortho intramolecular Hbond substituents is 1. The number of benzene rings is 2.